The van der Waals surface area contributed by atoms with Crippen molar-refractivity contribution in [3.63, 3.8) is 0 Å². The van der Waals surface area contributed by atoms with Crippen molar-refractivity contribution < 1.29 is 18.9 Å². The molecule has 0 saturated carbocycles. The minimum absolute atomic E-state index is 0.228. The van der Waals surface area contributed by atoms with Crippen LogP contribution in [0.2, 0.25) is 0 Å². The fraction of sp³-hybridized carbons (Fsp3) is 0.600. The number of hydrogen-bond acceptors (Lipinski definition) is 5. The molecule has 1 atom stereocenters. The van der Waals surface area contributed by atoms with E-state index in [1.165, 1.54) is 0 Å². The molecule has 0 aromatic heterocycles. The summed E-state index contributed by atoms with van der Waals surface area (Å²) < 4.78 is 22.0. The van der Waals surface area contributed by atoms with E-state index in [-0.39, 0.29) is 6.04 Å². The summed E-state index contributed by atoms with van der Waals surface area (Å²) in [6, 6.07) is 3.55. The lowest BCUT2D eigenvalue weighted by Gasteiger charge is -2.19. The van der Waals surface area contributed by atoms with Gasteiger partial charge in [0.05, 0.1) is 32.5 Å². The molecule has 114 valence electrons. The summed E-state index contributed by atoms with van der Waals surface area (Å²) in [6.45, 7) is 7.86. The van der Waals surface area contributed by atoms with Gasteiger partial charge >= 0.3 is 0 Å². The number of benzene rings is 1. The van der Waals surface area contributed by atoms with Gasteiger partial charge in [0.2, 0.25) is 5.75 Å². The molecule has 1 unspecified atom stereocenters. The van der Waals surface area contributed by atoms with Crippen LogP contribution in [0.3, 0.4) is 0 Å². The SMILES string of the molecule is CCOc1cc(C(N)COC)cc(OCC)c1OCC. The minimum Gasteiger partial charge on any atom is -0.490 e. The van der Waals surface area contributed by atoms with Crippen molar-refractivity contribution in [3.8, 4) is 17.2 Å². The van der Waals surface area contributed by atoms with Crippen molar-refractivity contribution >= 4 is 0 Å². The largest absolute Gasteiger partial charge is 0.490 e. The summed E-state index contributed by atoms with van der Waals surface area (Å²) in [6.07, 6.45) is 0. The number of ether oxygens (including phenoxy) is 4. The molecule has 0 heterocycles. The Balaban J connectivity index is 3.21. The monoisotopic (exact) mass is 283 g/mol. The van der Waals surface area contributed by atoms with Crippen LogP contribution in [0.4, 0.5) is 0 Å². The van der Waals surface area contributed by atoms with E-state index in [0.717, 1.165) is 5.56 Å². The Labute approximate surface area is 121 Å². The van der Waals surface area contributed by atoms with E-state index in [9.17, 15) is 0 Å². The third kappa shape index (κ3) is 4.28. The molecule has 0 aliphatic rings. The van der Waals surface area contributed by atoms with Crippen molar-refractivity contribution in [3.05, 3.63) is 17.7 Å². The van der Waals surface area contributed by atoms with E-state index < -0.39 is 0 Å². The van der Waals surface area contributed by atoms with Crippen LogP contribution >= 0.6 is 0 Å². The van der Waals surface area contributed by atoms with Crippen LogP contribution in [0.5, 0.6) is 17.2 Å². The Kier molecular flexibility index (Phi) is 7.18. The van der Waals surface area contributed by atoms with Crippen molar-refractivity contribution in [2.24, 2.45) is 5.73 Å². The van der Waals surface area contributed by atoms with Crippen molar-refractivity contribution in [2.75, 3.05) is 33.5 Å². The van der Waals surface area contributed by atoms with Gasteiger partial charge in [-0.05, 0) is 38.5 Å². The zero-order chi connectivity index (χ0) is 15.0. The van der Waals surface area contributed by atoms with E-state index in [4.69, 9.17) is 24.7 Å². The molecule has 0 radical (unpaired) electrons. The molecule has 5 nitrogen and oxygen atoms in total. The third-order valence-corrected chi connectivity index (χ3v) is 2.71. The highest BCUT2D eigenvalue weighted by molar-refractivity contribution is 5.54. The Bertz CT molecular complexity index is 382. The van der Waals surface area contributed by atoms with E-state index >= 15 is 0 Å². The first kappa shape index (κ1) is 16.6. The second-order valence-electron chi connectivity index (χ2n) is 4.21. The van der Waals surface area contributed by atoms with Gasteiger partial charge in [-0.25, -0.2) is 0 Å². The number of rotatable bonds is 9. The van der Waals surface area contributed by atoms with E-state index in [1.807, 2.05) is 32.9 Å². The Hall–Kier alpha value is -1.46. The topological polar surface area (TPSA) is 62.9 Å². The smallest absolute Gasteiger partial charge is 0.203 e. The van der Waals surface area contributed by atoms with Crippen LogP contribution in [0.15, 0.2) is 12.1 Å². The van der Waals surface area contributed by atoms with E-state index in [0.29, 0.717) is 43.7 Å². The van der Waals surface area contributed by atoms with Gasteiger partial charge in [-0.1, -0.05) is 0 Å². The quantitative estimate of drug-likeness (QED) is 0.754. The predicted octanol–water partition coefficient (Wildman–Crippen LogP) is 2.53. The van der Waals surface area contributed by atoms with Gasteiger partial charge in [-0.2, -0.15) is 0 Å². The highest BCUT2D eigenvalue weighted by Crippen LogP contribution is 2.40. The lowest BCUT2D eigenvalue weighted by atomic mass is 10.1. The average Bonchev–Trinajstić information content (AvgIpc) is 2.43. The Morgan fingerprint density at radius 1 is 0.950 bits per heavy atom. The van der Waals surface area contributed by atoms with Gasteiger partial charge in [0.15, 0.2) is 11.5 Å². The lowest BCUT2D eigenvalue weighted by Crippen LogP contribution is -2.16. The van der Waals surface area contributed by atoms with Gasteiger partial charge in [0, 0.05) is 7.11 Å². The van der Waals surface area contributed by atoms with Crippen molar-refractivity contribution in [1.82, 2.24) is 0 Å². The van der Waals surface area contributed by atoms with Crippen molar-refractivity contribution in [1.29, 1.82) is 0 Å². The molecule has 0 aliphatic heterocycles. The molecule has 0 fully saturated rings. The average molecular weight is 283 g/mol. The minimum atomic E-state index is -0.228. The van der Waals surface area contributed by atoms with Gasteiger partial charge in [-0.15, -0.1) is 0 Å². The van der Waals surface area contributed by atoms with Crippen molar-refractivity contribution in [2.45, 2.75) is 26.8 Å². The van der Waals surface area contributed by atoms with Crippen LogP contribution in [-0.4, -0.2) is 33.5 Å². The van der Waals surface area contributed by atoms with Gasteiger partial charge in [0.1, 0.15) is 0 Å². The first-order chi connectivity index (χ1) is 9.67. The molecule has 20 heavy (non-hydrogen) atoms. The lowest BCUT2D eigenvalue weighted by molar-refractivity contribution is 0.180. The molecule has 0 amide bonds. The maximum Gasteiger partial charge on any atom is 0.203 e. The van der Waals surface area contributed by atoms with Crippen LogP contribution in [0.25, 0.3) is 0 Å². The molecule has 1 aromatic carbocycles. The van der Waals surface area contributed by atoms with Gasteiger partial charge < -0.3 is 24.7 Å². The van der Waals surface area contributed by atoms with E-state index in [1.54, 1.807) is 7.11 Å². The zero-order valence-electron chi connectivity index (χ0n) is 12.8. The highest BCUT2D eigenvalue weighted by Gasteiger charge is 2.17. The van der Waals surface area contributed by atoms with Crippen LogP contribution in [0, 0.1) is 0 Å². The van der Waals surface area contributed by atoms with Crippen LogP contribution < -0.4 is 19.9 Å². The molecule has 2 N–H and O–H groups in total. The maximum absolute atomic E-state index is 6.08. The third-order valence-electron chi connectivity index (χ3n) is 2.71. The maximum atomic E-state index is 6.08. The standard InChI is InChI=1S/C15H25NO4/c1-5-18-13-8-11(12(16)10-17-4)9-14(19-6-2)15(13)20-7-3/h8-9,12H,5-7,10,16H2,1-4H3. The first-order valence-electron chi connectivity index (χ1n) is 6.98. The second-order valence-corrected chi connectivity index (χ2v) is 4.21. The van der Waals surface area contributed by atoms with Gasteiger partial charge in [-0.3, -0.25) is 0 Å². The number of methoxy groups -OCH3 is 1. The molecule has 1 rings (SSSR count). The molecule has 0 spiro atoms. The summed E-state index contributed by atoms with van der Waals surface area (Å²) in [5.74, 6) is 1.94. The van der Waals surface area contributed by atoms with Gasteiger partial charge in [0.25, 0.3) is 0 Å². The normalized spacial score (nSPS) is 12.1. The molecular formula is C15H25NO4. The number of hydrogen-bond donors (Lipinski definition) is 1. The zero-order valence-corrected chi connectivity index (χ0v) is 12.8. The number of nitrogens with two attached hydrogens (primary N) is 1. The van der Waals surface area contributed by atoms with Crippen LogP contribution in [-0.2, 0) is 4.74 Å². The first-order valence-corrected chi connectivity index (χ1v) is 6.98. The Morgan fingerprint density at radius 2 is 1.45 bits per heavy atom. The summed E-state index contributed by atoms with van der Waals surface area (Å²) in [4.78, 5) is 0. The summed E-state index contributed by atoms with van der Waals surface area (Å²) >= 11 is 0. The fourth-order valence-corrected chi connectivity index (χ4v) is 1.90. The molecule has 5 heteroatoms. The molecule has 0 saturated heterocycles. The molecule has 0 bridgehead atoms. The second kappa shape index (κ2) is 8.66. The summed E-state index contributed by atoms with van der Waals surface area (Å²) in [7, 11) is 1.63. The molecule has 0 aliphatic carbocycles. The van der Waals surface area contributed by atoms with E-state index in [2.05, 4.69) is 0 Å². The summed E-state index contributed by atoms with van der Waals surface area (Å²) in [5.41, 5.74) is 6.99. The molecular weight excluding hydrogens is 258 g/mol. The molecule has 1 aromatic rings. The fourth-order valence-electron chi connectivity index (χ4n) is 1.90. The Morgan fingerprint density at radius 3 is 1.85 bits per heavy atom. The van der Waals surface area contributed by atoms with Crippen LogP contribution in [0.1, 0.15) is 32.4 Å². The predicted molar refractivity (Wildman–Crippen MR) is 78.8 cm³/mol. The summed E-state index contributed by atoms with van der Waals surface area (Å²) in [5, 5.41) is 0. The highest BCUT2D eigenvalue weighted by atomic mass is 16.5.